The van der Waals surface area contributed by atoms with Crippen molar-refractivity contribution in [2.24, 2.45) is 5.92 Å². The van der Waals surface area contributed by atoms with Gasteiger partial charge in [0, 0.05) is 5.56 Å². The Morgan fingerprint density at radius 3 is 2.52 bits per heavy atom. The number of aliphatic carboxylic acids is 1. The summed E-state index contributed by atoms with van der Waals surface area (Å²) in [4.78, 5) is 22.0. The molecule has 1 saturated carbocycles. The van der Waals surface area contributed by atoms with Crippen molar-refractivity contribution in [3.63, 3.8) is 0 Å². The van der Waals surface area contributed by atoms with Crippen LogP contribution in [0.2, 0.25) is 0 Å². The molecule has 0 atom stereocenters. The third kappa shape index (κ3) is 5.85. The fourth-order valence-corrected chi connectivity index (χ4v) is 2.09. The number of nitrogens with one attached hydrogen (secondary N) is 1. The van der Waals surface area contributed by atoms with Gasteiger partial charge in [-0.05, 0) is 43.0 Å². The minimum Gasteiger partial charge on any atom is -0.494 e. The zero-order valence-corrected chi connectivity index (χ0v) is 12.0. The lowest BCUT2D eigenvalue weighted by molar-refractivity contribution is -0.135. The molecule has 5 nitrogen and oxygen atoms in total. The predicted molar refractivity (Wildman–Crippen MR) is 78.5 cm³/mol. The second kappa shape index (κ2) is 7.67. The highest BCUT2D eigenvalue weighted by Crippen LogP contribution is 2.33. The predicted octanol–water partition coefficient (Wildman–Crippen LogP) is 2.46. The van der Waals surface area contributed by atoms with E-state index in [9.17, 15) is 9.59 Å². The van der Waals surface area contributed by atoms with Gasteiger partial charge in [0.15, 0.2) is 0 Å². The topological polar surface area (TPSA) is 75.6 Å². The number of hydrogen-bond donors (Lipinski definition) is 2. The lowest BCUT2D eigenvalue weighted by atomic mass is 10.2. The van der Waals surface area contributed by atoms with Crippen molar-refractivity contribution >= 4 is 11.9 Å². The number of benzene rings is 1. The molecule has 1 aliphatic rings. The Balaban J connectivity index is 1.67. The third-order valence-electron chi connectivity index (χ3n) is 3.49. The minimum absolute atomic E-state index is 0.377. The minimum atomic E-state index is -1.06. The maximum absolute atomic E-state index is 11.6. The van der Waals surface area contributed by atoms with Crippen LogP contribution in [0, 0.1) is 5.92 Å². The fraction of sp³-hybridized carbons (Fsp3) is 0.500. The van der Waals surface area contributed by atoms with Crippen LogP contribution < -0.4 is 10.1 Å². The van der Waals surface area contributed by atoms with E-state index in [0.29, 0.717) is 12.2 Å². The Labute approximate surface area is 124 Å². The molecule has 2 rings (SSSR count). The van der Waals surface area contributed by atoms with Gasteiger partial charge in [0.05, 0.1) is 6.61 Å². The van der Waals surface area contributed by atoms with Crippen molar-refractivity contribution in [3.05, 3.63) is 29.8 Å². The molecule has 0 unspecified atom stereocenters. The van der Waals surface area contributed by atoms with Crippen molar-refractivity contribution < 1.29 is 19.4 Å². The van der Waals surface area contributed by atoms with Crippen molar-refractivity contribution in [1.82, 2.24) is 5.32 Å². The molecule has 0 saturated heterocycles. The molecule has 1 amide bonds. The summed E-state index contributed by atoms with van der Waals surface area (Å²) in [5, 5.41) is 10.8. The average molecular weight is 291 g/mol. The Bertz CT molecular complexity index is 480. The maximum atomic E-state index is 11.6. The highest BCUT2D eigenvalue weighted by atomic mass is 16.5. The maximum Gasteiger partial charge on any atom is 0.322 e. The monoisotopic (exact) mass is 291 g/mol. The van der Waals surface area contributed by atoms with Gasteiger partial charge in [-0.25, -0.2) is 0 Å². The van der Waals surface area contributed by atoms with Gasteiger partial charge in [-0.15, -0.1) is 0 Å². The van der Waals surface area contributed by atoms with Gasteiger partial charge >= 0.3 is 5.97 Å². The van der Waals surface area contributed by atoms with Crippen LogP contribution in [-0.4, -0.2) is 30.1 Å². The average Bonchev–Trinajstić information content (AvgIpc) is 3.29. The van der Waals surface area contributed by atoms with Crippen LogP contribution in [0.5, 0.6) is 5.75 Å². The van der Waals surface area contributed by atoms with Crippen LogP contribution in [0.25, 0.3) is 0 Å². The lowest BCUT2D eigenvalue weighted by Gasteiger charge is -2.07. The molecule has 1 aromatic rings. The van der Waals surface area contributed by atoms with E-state index in [4.69, 9.17) is 9.84 Å². The number of carbonyl (C=O) groups is 2. The second-order valence-corrected chi connectivity index (χ2v) is 5.39. The van der Waals surface area contributed by atoms with Crippen molar-refractivity contribution in [2.45, 2.75) is 32.1 Å². The van der Waals surface area contributed by atoms with Gasteiger partial charge in [0.1, 0.15) is 12.3 Å². The summed E-state index contributed by atoms with van der Waals surface area (Å²) in [5.41, 5.74) is 0.428. The van der Waals surface area contributed by atoms with Crippen LogP contribution in [0.3, 0.4) is 0 Å². The van der Waals surface area contributed by atoms with E-state index in [2.05, 4.69) is 5.32 Å². The van der Waals surface area contributed by atoms with Crippen LogP contribution in [-0.2, 0) is 4.79 Å². The van der Waals surface area contributed by atoms with E-state index >= 15 is 0 Å². The summed E-state index contributed by atoms with van der Waals surface area (Å²) in [7, 11) is 0. The Kier molecular flexibility index (Phi) is 5.60. The van der Waals surface area contributed by atoms with Crippen LogP contribution in [0.4, 0.5) is 0 Å². The van der Waals surface area contributed by atoms with E-state index in [1.807, 2.05) is 0 Å². The van der Waals surface area contributed by atoms with Gasteiger partial charge in [0.2, 0.25) is 0 Å². The second-order valence-electron chi connectivity index (χ2n) is 5.39. The highest BCUT2D eigenvalue weighted by Gasteiger charge is 2.19. The smallest absolute Gasteiger partial charge is 0.322 e. The number of ether oxygens (including phenoxy) is 1. The highest BCUT2D eigenvalue weighted by molar-refractivity contribution is 5.95. The van der Waals surface area contributed by atoms with Crippen molar-refractivity contribution in [1.29, 1.82) is 0 Å². The van der Waals surface area contributed by atoms with E-state index in [-0.39, 0.29) is 6.54 Å². The van der Waals surface area contributed by atoms with Gasteiger partial charge in [-0.3, -0.25) is 9.59 Å². The molecule has 114 valence electrons. The molecule has 5 heteroatoms. The number of unbranched alkanes of at least 4 members (excludes halogenated alkanes) is 1. The van der Waals surface area contributed by atoms with Gasteiger partial charge < -0.3 is 15.2 Å². The first-order chi connectivity index (χ1) is 10.1. The summed E-state index contributed by atoms with van der Waals surface area (Å²) in [6.07, 6.45) is 6.36. The molecular weight excluding hydrogens is 270 g/mol. The molecule has 2 N–H and O–H groups in total. The van der Waals surface area contributed by atoms with Crippen LogP contribution in [0.1, 0.15) is 42.5 Å². The quantitative estimate of drug-likeness (QED) is 0.685. The number of hydrogen-bond acceptors (Lipinski definition) is 3. The van der Waals surface area contributed by atoms with Crippen molar-refractivity contribution in [2.75, 3.05) is 13.2 Å². The van der Waals surface area contributed by atoms with Crippen LogP contribution >= 0.6 is 0 Å². The van der Waals surface area contributed by atoms with E-state index < -0.39 is 11.9 Å². The zero-order valence-electron chi connectivity index (χ0n) is 12.0. The molecule has 0 aromatic heterocycles. The summed E-state index contributed by atoms with van der Waals surface area (Å²) in [6, 6.07) is 6.74. The summed E-state index contributed by atoms with van der Waals surface area (Å²) in [6.45, 7) is 0.315. The molecule has 0 aliphatic heterocycles. The number of carboxylic acids is 1. The molecule has 1 fully saturated rings. The Morgan fingerprint density at radius 1 is 1.19 bits per heavy atom. The summed E-state index contributed by atoms with van der Waals surface area (Å²) in [5.74, 6) is 0.243. The fourth-order valence-electron chi connectivity index (χ4n) is 2.09. The normalized spacial score (nSPS) is 13.7. The van der Waals surface area contributed by atoms with Gasteiger partial charge in [0.25, 0.3) is 5.91 Å². The first kappa shape index (κ1) is 15.4. The van der Waals surface area contributed by atoms with Gasteiger partial charge in [-0.2, -0.15) is 0 Å². The van der Waals surface area contributed by atoms with E-state index in [1.165, 1.54) is 25.7 Å². The standard InChI is InChI=1S/C16H21NO4/c18-15(19)11-17-16(20)13-6-8-14(9-7-13)21-10-2-1-3-12-4-5-12/h6-9,12H,1-5,10-11H2,(H,17,20)(H,18,19). The molecule has 1 aromatic carbocycles. The molecule has 0 bridgehead atoms. The van der Waals surface area contributed by atoms with Crippen LogP contribution in [0.15, 0.2) is 24.3 Å². The first-order valence-corrected chi connectivity index (χ1v) is 7.38. The molecular formula is C16H21NO4. The number of carboxylic acid groups (broad SMARTS) is 1. The van der Waals surface area contributed by atoms with E-state index in [0.717, 1.165) is 18.1 Å². The molecule has 0 heterocycles. The third-order valence-corrected chi connectivity index (χ3v) is 3.49. The molecule has 21 heavy (non-hydrogen) atoms. The first-order valence-electron chi connectivity index (χ1n) is 7.38. The number of amides is 1. The largest absolute Gasteiger partial charge is 0.494 e. The summed E-state index contributed by atoms with van der Waals surface area (Å²) < 4.78 is 5.62. The summed E-state index contributed by atoms with van der Waals surface area (Å²) >= 11 is 0. The Morgan fingerprint density at radius 2 is 1.90 bits per heavy atom. The van der Waals surface area contributed by atoms with E-state index in [1.54, 1.807) is 24.3 Å². The van der Waals surface area contributed by atoms with Crippen molar-refractivity contribution in [3.8, 4) is 5.75 Å². The Hall–Kier alpha value is -2.04. The molecule has 1 aliphatic carbocycles. The number of carbonyl (C=O) groups excluding carboxylic acids is 1. The zero-order chi connectivity index (χ0) is 15.1. The SMILES string of the molecule is O=C(O)CNC(=O)c1ccc(OCCCCC2CC2)cc1. The van der Waals surface area contributed by atoms with Gasteiger partial charge in [-0.1, -0.05) is 19.3 Å². The molecule has 0 radical (unpaired) electrons. The lowest BCUT2D eigenvalue weighted by Crippen LogP contribution is -2.29. The number of rotatable bonds is 9. The molecule has 0 spiro atoms.